The summed E-state index contributed by atoms with van der Waals surface area (Å²) in [5.41, 5.74) is 2.12. The summed E-state index contributed by atoms with van der Waals surface area (Å²) in [6.07, 6.45) is 2.55. The van der Waals surface area contributed by atoms with E-state index in [2.05, 4.69) is 5.10 Å². The number of halogens is 2. The number of benzene rings is 2. The molecule has 31 heavy (non-hydrogen) atoms. The third-order valence-corrected chi connectivity index (χ3v) is 5.08. The molecule has 0 radical (unpaired) electrons. The Hall–Kier alpha value is -3.78. The van der Waals surface area contributed by atoms with Crippen molar-refractivity contribution in [3.8, 4) is 5.69 Å². The van der Waals surface area contributed by atoms with Crippen LogP contribution < -0.4 is 0 Å². The molecule has 7 nitrogen and oxygen atoms in total. The van der Waals surface area contributed by atoms with E-state index < -0.39 is 24.5 Å². The molecular formula is C22H15ClFN3O4. The first-order valence-electron chi connectivity index (χ1n) is 9.18. The second kappa shape index (κ2) is 8.16. The Morgan fingerprint density at radius 1 is 1.10 bits per heavy atom. The number of esters is 1. The van der Waals surface area contributed by atoms with Gasteiger partial charge in [-0.3, -0.25) is 9.59 Å². The quantitative estimate of drug-likeness (QED) is 0.343. The monoisotopic (exact) mass is 439 g/mol. The molecule has 0 unspecified atom stereocenters. The summed E-state index contributed by atoms with van der Waals surface area (Å²) in [7, 11) is 0. The van der Waals surface area contributed by atoms with Crippen molar-refractivity contribution in [1.82, 2.24) is 14.7 Å². The van der Waals surface area contributed by atoms with Gasteiger partial charge in [-0.2, -0.15) is 5.10 Å². The van der Waals surface area contributed by atoms with Crippen molar-refractivity contribution in [1.29, 1.82) is 0 Å². The summed E-state index contributed by atoms with van der Waals surface area (Å²) < 4.78 is 19.6. The van der Waals surface area contributed by atoms with E-state index >= 15 is 0 Å². The second-order valence-corrected chi connectivity index (χ2v) is 7.05. The second-order valence-electron chi connectivity index (χ2n) is 6.69. The normalized spacial score (nSPS) is 13.2. The average molecular weight is 440 g/mol. The van der Waals surface area contributed by atoms with Crippen molar-refractivity contribution in [3.05, 3.63) is 88.0 Å². The van der Waals surface area contributed by atoms with Crippen LogP contribution in [0.15, 0.2) is 54.6 Å². The van der Waals surface area contributed by atoms with Crippen LogP contribution in [0.4, 0.5) is 4.39 Å². The van der Waals surface area contributed by atoms with Gasteiger partial charge in [0.25, 0.3) is 11.8 Å². The molecule has 1 aliphatic rings. The smallest absolute Gasteiger partial charge is 0.332 e. The molecular weight excluding hydrogens is 425 g/mol. The lowest BCUT2D eigenvalue weighted by Crippen LogP contribution is -2.32. The largest absolute Gasteiger partial charge is 0.441 e. The van der Waals surface area contributed by atoms with Crippen molar-refractivity contribution in [2.24, 2.45) is 0 Å². The molecule has 2 aromatic carbocycles. The highest BCUT2D eigenvalue weighted by atomic mass is 35.5. The van der Waals surface area contributed by atoms with Crippen LogP contribution >= 0.6 is 11.6 Å². The van der Waals surface area contributed by atoms with Crippen LogP contribution in [0.2, 0.25) is 5.15 Å². The lowest BCUT2D eigenvalue weighted by Gasteiger charge is -2.12. The van der Waals surface area contributed by atoms with Gasteiger partial charge in [-0.1, -0.05) is 23.7 Å². The van der Waals surface area contributed by atoms with Crippen molar-refractivity contribution < 1.29 is 23.5 Å². The van der Waals surface area contributed by atoms with Crippen LogP contribution in [0.1, 0.15) is 32.0 Å². The van der Waals surface area contributed by atoms with Crippen molar-refractivity contribution in [2.75, 3.05) is 6.73 Å². The molecule has 0 fully saturated rings. The van der Waals surface area contributed by atoms with Gasteiger partial charge in [0.1, 0.15) is 11.0 Å². The molecule has 0 saturated carbocycles. The molecule has 0 spiro atoms. The van der Waals surface area contributed by atoms with Gasteiger partial charge in [-0.05, 0) is 49.4 Å². The third-order valence-electron chi connectivity index (χ3n) is 4.72. The fourth-order valence-corrected chi connectivity index (χ4v) is 3.47. The number of amides is 2. The van der Waals surface area contributed by atoms with Gasteiger partial charge in [0, 0.05) is 11.6 Å². The fourth-order valence-electron chi connectivity index (χ4n) is 3.14. The van der Waals surface area contributed by atoms with Crippen LogP contribution in [0.25, 0.3) is 11.8 Å². The fraction of sp³-hybridized carbons (Fsp3) is 0.0909. The minimum Gasteiger partial charge on any atom is -0.441 e. The Labute approximate surface area is 181 Å². The summed E-state index contributed by atoms with van der Waals surface area (Å²) in [5.74, 6) is -2.18. The van der Waals surface area contributed by atoms with E-state index in [-0.39, 0.29) is 22.1 Å². The number of carbonyl (C=O) groups excluding carboxylic acids is 3. The summed E-state index contributed by atoms with van der Waals surface area (Å²) in [4.78, 5) is 37.6. The number of ether oxygens (including phenoxy) is 1. The Morgan fingerprint density at radius 3 is 2.32 bits per heavy atom. The molecule has 2 heterocycles. The van der Waals surface area contributed by atoms with Gasteiger partial charge in [-0.15, -0.1) is 0 Å². The summed E-state index contributed by atoms with van der Waals surface area (Å²) in [5, 5.41) is 4.53. The molecule has 2 amide bonds. The van der Waals surface area contributed by atoms with Crippen LogP contribution in [0.5, 0.6) is 0 Å². The number of rotatable bonds is 5. The molecule has 156 valence electrons. The number of fused-ring (bicyclic) bond motifs is 1. The van der Waals surface area contributed by atoms with Crippen molar-refractivity contribution in [3.63, 3.8) is 0 Å². The number of hydrogen-bond acceptors (Lipinski definition) is 5. The van der Waals surface area contributed by atoms with E-state index in [0.717, 1.165) is 11.0 Å². The Morgan fingerprint density at radius 2 is 1.71 bits per heavy atom. The SMILES string of the molecule is Cc1nn(-c2ccc(F)cc2)c(Cl)c1C=CC(=O)OCN1C(=O)c2ccccc2C1=O. The number of imide groups is 1. The van der Waals surface area contributed by atoms with E-state index in [4.69, 9.17) is 16.3 Å². The molecule has 1 aromatic heterocycles. The van der Waals surface area contributed by atoms with Crippen molar-refractivity contribution in [2.45, 2.75) is 6.92 Å². The lowest BCUT2D eigenvalue weighted by atomic mass is 10.1. The number of carbonyl (C=O) groups is 3. The van der Waals surface area contributed by atoms with E-state index in [9.17, 15) is 18.8 Å². The van der Waals surface area contributed by atoms with Gasteiger partial charge >= 0.3 is 5.97 Å². The maximum atomic E-state index is 13.1. The third kappa shape index (κ3) is 3.85. The molecule has 0 aliphatic carbocycles. The lowest BCUT2D eigenvalue weighted by molar-refractivity contribution is -0.140. The predicted molar refractivity (Wildman–Crippen MR) is 110 cm³/mol. The zero-order valence-electron chi connectivity index (χ0n) is 16.2. The zero-order valence-corrected chi connectivity index (χ0v) is 17.0. The van der Waals surface area contributed by atoms with Crippen LogP contribution in [0.3, 0.4) is 0 Å². The highest BCUT2D eigenvalue weighted by Crippen LogP contribution is 2.25. The summed E-state index contributed by atoms with van der Waals surface area (Å²) in [6.45, 7) is 1.20. The molecule has 0 atom stereocenters. The summed E-state index contributed by atoms with van der Waals surface area (Å²) >= 11 is 6.36. The first kappa shape index (κ1) is 20.5. The maximum absolute atomic E-state index is 13.1. The van der Waals surface area contributed by atoms with E-state index in [1.807, 2.05) is 0 Å². The van der Waals surface area contributed by atoms with E-state index in [0.29, 0.717) is 16.9 Å². The topological polar surface area (TPSA) is 81.5 Å². The number of hydrogen-bond donors (Lipinski definition) is 0. The number of nitrogens with zero attached hydrogens (tertiary/aromatic N) is 3. The molecule has 4 rings (SSSR count). The minimum atomic E-state index is -0.762. The highest BCUT2D eigenvalue weighted by Gasteiger charge is 2.35. The first-order chi connectivity index (χ1) is 14.9. The molecule has 0 N–H and O–H groups in total. The minimum absolute atomic E-state index is 0.230. The van der Waals surface area contributed by atoms with Gasteiger partial charge in [0.15, 0.2) is 6.73 Å². The van der Waals surface area contributed by atoms with Gasteiger partial charge in [0.2, 0.25) is 0 Å². The van der Waals surface area contributed by atoms with Crippen LogP contribution in [-0.2, 0) is 9.53 Å². The Bertz CT molecular complexity index is 1200. The Kier molecular flexibility index (Phi) is 5.39. The van der Waals surface area contributed by atoms with E-state index in [1.54, 1.807) is 31.2 Å². The van der Waals surface area contributed by atoms with E-state index in [1.165, 1.54) is 35.0 Å². The molecule has 1 aliphatic heterocycles. The van der Waals surface area contributed by atoms with Gasteiger partial charge in [0.05, 0.1) is 22.5 Å². The summed E-state index contributed by atoms with van der Waals surface area (Å²) in [6, 6.07) is 12.0. The predicted octanol–water partition coefficient (Wildman–Crippen LogP) is 3.78. The van der Waals surface area contributed by atoms with Crippen LogP contribution in [-0.4, -0.2) is 39.2 Å². The Balaban J connectivity index is 1.44. The standard InChI is InChI=1S/C22H15ClFN3O4/c1-13-16(20(23)27(25-13)15-8-6-14(24)7-9-15)10-11-19(28)31-12-26-21(29)17-4-2-3-5-18(17)22(26)30/h2-11H,12H2,1H3. The van der Waals surface area contributed by atoms with Crippen LogP contribution in [0, 0.1) is 12.7 Å². The average Bonchev–Trinajstić information content (AvgIpc) is 3.18. The first-order valence-corrected chi connectivity index (χ1v) is 9.55. The molecule has 0 saturated heterocycles. The highest BCUT2D eigenvalue weighted by molar-refractivity contribution is 6.31. The zero-order chi connectivity index (χ0) is 22.1. The van der Waals surface area contributed by atoms with Gasteiger partial charge in [-0.25, -0.2) is 18.8 Å². The maximum Gasteiger partial charge on any atom is 0.332 e. The molecule has 9 heteroatoms. The molecule has 3 aromatic rings. The number of aryl methyl sites for hydroxylation is 1. The molecule has 0 bridgehead atoms. The van der Waals surface area contributed by atoms with Gasteiger partial charge < -0.3 is 4.74 Å². The number of aromatic nitrogens is 2. The van der Waals surface area contributed by atoms with Crippen molar-refractivity contribution >= 4 is 35.5 Å².